The van der Waals surface area contributed by atoms with Crippen LogP contribution in [0.4, 0.5) is 0 Å². The normalized spacial score (nSPS) is 19.3. The number of amides is 1. The van der Waals surface area contributed by atoms with E-state index >= 15 is 0 Å². The van der Waals surface area contributed by atoms with E-state index < -0.39 is 10.0 Å². The molecule has 1 aromatic rings. The lowest BCUT2D eigenvalue weighted by molar-refractivity contribution is -0.126. The second-order valence-electron chi connectivity index (χ2n) is 5.85. The van der Waals surface area contributed by atoms with Gasteiger partial charge in [-0.05, 0) is 37.0 Å². The Hall–Kier alpha value is -1.60. The first-order valence-corrected chi connectivity index (χ1v) is 9.61. The van der Waals surface area contributed by atoms with Crippen LogP contribution in [0.25, 0.3) is 0 Å². The van der Waals surface area contributed by atoms with E-state index in [2.05, 4.69) is 5.32 Å². The maximum absolute atomic E-state index is 12.2. The van der Waals surface area contributed by atoms with E-state index in [1.165, 1.54) is 10.6 Å². The van der Waals surface area contributed by atoms with Gasteiger partial charge in [0.2, 0.25) is 15.9 Å². The van der Waals surface area contributed by atoms with E-state index in [9.17, 15) is 13.2 Å². The van der Waals surface area contributed by atoms with Crippen LogP contribution < -0.4 is 10.1 Å². The highest BCUT2D eigenvalue weighted by Crippen LogP contribution is 2.19. The highest BCUT2D eigenvalue weighted by molar-refractivity contribution is 7.88. The van der Waals surface area contributed by atoms with Gasteiger partial charge in [-0.1, -0.05) is 12.1 Å². The fraction of sp³-hybridized carbons (Fsp3) is 0.562. The van der Waals surface area contributed by atoms with E-state index in [4.69, 9.17) is 4.74 Å². The number of hydrogen-bond acceptors (Lipinski definition) is 4. The number of benzene rings is 1. The van der Waals surface area contributed by atoms with E-state index in [-0.39, 0.29) is 18.4 Å². The third-order valence-electron chi connectivity index (χ3n) is 4.07. The zero-order valence-corrected chi connectivity index (χ0v) is 14.4. The van der Waals surface area contributed by atoms with Gasteiger partial charge in [-0.15, -0.1) is 0 Å². The van der Waals surface area contributed by atoms with Crippen LogP contribution in [0.5, 0.6) is 5.75 Å². The molecule has 1 heterocycles. The molecule has 128 valence electrons. The van der Waals surface area contributed by atoms with Gasteiger partial charge >= 0.3 is 0 Å². The Balaban J connectivity index is 1.82. The standard InChI is InChI=1S/C16H24N2O4S/c1-22-15-7-3-5-13(11-15)8-9-17-16(19)14-6-4-10-18(12-14)23(2,20)21/h3,5,7,11,14H,4,6,8-10,12H2,1-2H3,(H,17,19). The van der Waals surface area contributed by atoms with Crippen molar-refractivity contribution in [1.82, 2.24) is 9.62 Å². The molecule has 0 radical (unpaired) electrons. The smallest absolute Gasteiger partial charge is 0.224 e. The lowest BCUT2D eigenvalue weighted by Crippen LogP contribution is -2.45. The summed E-state index contributed by atoms with van der Waals surface area (Å²) in [6.07, 6.45) is 3.36. The number of nitrogens with zero attached hydrogens (tertiary/aromatic N) is 1. The second-order valence-corrected chi connectivity index (χ2v) is 7.84. The summed E-state index contributed by atoms with van der Waals surface area (Å²) < 4.78 is 29.8. The largest absolute Gasteiger partial charge is 0.497 e. The van der Waals surface area contributed by atoms with Crippen molar-refractivity contribution < 1.29 is 17.9 Å². The van der Waals surface area contributed by atoms with Gasteiger partial charge in [0.1, 0.15) is 5.75 Å². The van der Waals surface area contributed by atoms with Crippen molar-refractivity contribution in [3.8, 4) is 5.75 Å². The molecule has 0 aliphatic carbocycles. The summed E-state index contributed by atoms with van der Waals surface area (Å²) >= 11 is 0. The number of methoxy groups -OCH3 is 1. The van der Waals surface area contributed by atoms with Gasteiger partial charge < -0.3 is 10.1 Å². The monoisotopic (exact) mass is 340 g/mol. The van der Waals surface area contributed by atoms with Crippen molar-refractivity contribution in [2.24, 2.45) is 5.92 Å². The number of hydrogen-bond donors (Lipinski definition) is 1. The van der Waals surface area contributed by atoms with Gasteiger partial charge in [-0.2, -0.15) is 0 Å². The maximum Gasteiger partial charge on any atom is 0.224 e. The predicted octanol–water partition coefficient (Wildman–Crippen LogP) is 1.03. The molecule has 1 aliphatic heterocycles. The topological polar surface area (TPSA) is 75.7 Å². The minimum atomic E-state index is -3.22. The molecule has 2 rings (SSSR count). The first-order valence-electron chi connectivity index (χ1n) is 7.76. The van der Waals surface area contributed by atoms with Crippen molar-refractivity contribution in [3.05, 3.63) is 29.8 Å². The Bertz CT molecular complexity index is 645. The van der Waals surface area contributed by atoms with Crippen LogP contribution in [-0.2, 0) is 21.2 Å². The summed E-state index contributed by atoms with van der Waals surface area (Å²) in [7, 11) is -1.60. The minimum Gasteiger partial charge on any atom is -0.497 e. The molecule has 0 spiro atoms. The lowest BCUT2D eigenvalue weighted by atomic mass is 9.99. The van der Waals surface area contributed by atoms with Crippen molar-refractivity contribution in [2.75, 3.05) is 33.0 Å². The maximum atomic E-state index is 12.2. The Labute approximate surface area is 137 Å². The zero-order valence-electron chi connectivity index (χ0n) is 13.6. The number of carbonyl (C=O) groups excluding carboxylic acids is 1. The van der Waals surface area contributed by atoms with Crippen LogP contribution in [0, 0.1) is 5.92 Å². The molecular weight excluding hydrogens is 316 g/mol. The highest BCUT2D eigenvalue weighted by atomic mass is 32.2. The third-order valence-corrected chi connectivity index (χ3v) is 5.34. The van der Waals surface area contributed by atoms with Gasteiger partial charge in [-0.25, -0.2) is 12.7 Å². The lowest BCUT2D eigenvalue weighted by Gasteiger charge is -2.30. The fourth-order valence-corrected chi connectivity index (χ4v) is 3.67. The number of carbonyl (C=O) groups is 1. The Morgan fingerprint density at radius 3 is 2.91 bits per heavy atom. The average Bonchev–Trinajstić information content (AvgIpc) is 2.54. The van der Waals surface area contributed by atoms with Crippen LogP contribution >= 0.6 is 0 Å². The molecule has 0 saturated carbocycles. The minimum absolute atomic E-state index is 0.0683. The van der Waals surface area contributed by atoms with Crippen LogP contribution in [0.15, 0.2) is 24.3 Å². The Morgan fingerprint density at radius 2 is 2.22 bits per heavy atom. The average molecular weight is 340 g/mol. The van der Waals surface area contributed by atoms with Gasteiger partial charge in [0.05, 0.1) is 19.3 Å². The van der Waals surface area contributed by atoms with Crippen molar-refractivity contribution in [3.63, 3.8) is 0 Å². The van der Waals surface area contributed by atoms with Gasteiger partial charge in [-0.3, -0.25) is 4.79 Å². The van der Waals surface area contributed by atoms with Crippen molar-refractivity contribution >= 4 is 15.9 Å². The number of rotatable bonds is 6. The van der Waals surface area contributed by atoms with E-state index in [0.29, 0.717) is 19.5 Å². The summed E-state index contributed by atoms with van der Waals surface area (Å²) in [4.78, 5) is 12.2. The van der Waals surface area contributed by atoms with Crippen LogP contribution in [-0.4, -0.2) is 51.6 Å². The molecule has 1 saturated heterocycles. The van der Waals surface area contributed by atoms with Gasteiger partial charge in [0.15, 0.2) is 0 Å². The SMILES string of the molecule is COc1cccc(CCNC(=O)C2CCCN(S(C)(=O)=O)C2)c1. The molecule has 6 nitrogen and oxygen atoms in total. The summed E-state index contributed by atoms with van der Waals surface area (Å²) in [6, 6.07) is 7.73. The predicted molar refractivity (Wildman–Crippen MR) is 88.8 cm³/mol. The molecule has 0 bridgehead atoms. The quantitative estimate of drug-likeness (QED) is 0.839. The molecule has 1 N–H and O–H groups in total. The third kappa shape index (κ3) is 5.21. The highest BCUT2D eigenvalue weighted by Gasteiger charge is 2.29. The van der Waals surface area contributed by atoms with E-state index in [1.54, 1.807) is 7.11 Å². The van der Waals surface area contributed by atoms with Crippen LogP contribution in [0.3, 0.4) is 0 Å². The first kappa shape index (κ1) is 17.7. The van der Waals surface area contributed by atoms with Crippen LogP contribution in [0.2, 0.25) is 0 Å². The van der Waals surface area contributed by atoms with Crippen molar-refractivity contribution in [2.45, 2.75) is 19.3 Å². The summed E-state index contributed by atoms with van der Waals surface area (Å²) in [5, 5.41) is 2.91. The summed E-state index contributed by atoms with van der Waals surface area (Å²) in [5.74, 6) is 0.468. The Morgan fingerprint density at radius 1 is 1.43 bits per heavy atom. The zero-order chi connectivity index (χ0) is 16.9. The molecule has 1 aromatic carbocycles. The molecule has 1 fully saturated rings. The molecule has 1 unspecified atom stereocenters. The number of sulfonamides is 1. The molecule has 1 amide bonds. The summed E-state index contributed by atoms with van der Waals surface area (Å²) in [5.41, 5.74) is 1.09. The molecule has 0 aromatic heterocycles. The van der Waals surface area contributed by atoms with Gasteiger partial charge in [0, 0.05) is 19.6 Å². The van der Waals surface area contributed by atoms with Crippen LogP contribution in [0.1, 0.15) is 18.4 Å². The second kappa shape index (κ2) is 7.79. The summed E-state index contributed by atoms with van der Waals surface area (Å²) in [6.45, 7) is 1.32. The van der Waals surface area contributed by atoms with Crippen molar-refractivity contribution in [1.29, 1.82) is 0 Å². The number of ether oxygens (including phenoxy) is 1. The number of nitrogens with one attached hydrogen (secondary N) is 1. The van der Waals surface area contributed by atoms with E-state index in [1.807, 2.05) is 24.3 Å². The molecule has 1 aliphatic rings. The Kier molecular flexibility index (Phi) is 6.01. The molecule has 7 heteroatoms. The number of piperidine rings is 1. The fourth-order valence-electron chi connectivity index (χ4n) is 2.76. The van der Waals surface area contributed by atoms with E-state index in [0.717, 1.165) is 24.2 Å². The molecular formula is C16H24N2O4S. The van der Waals surface area contributed by atoms with Gasteiger partial charge in [0.25, 0.3) is 0 Å². The molecule has 23 heavy (non-hydrogen) atoms. The molecule has 1 atom stereocenters. The first-order chi connectivity index (χ1) is 10.9.